The molecule has 1 atom stereocenters. The fourth-order valence-corrected chi connectivity index (χ4v) is 2.97. The largest absolute Gasteiger partial charge is 0.374 e. The summed E-state index contributed by atoms with van der Waals surface area (Å²) in [7, 11) is 0. The molecular formula is C17H23ClN2O. The van der Waals surface area contributed by atoms with Crippen molar-refractivity contribution in [1.82, 2.24) is 5.32 Å². The van der Waals surface area contributed by atoms with Gasteiger partial charge in [0.25, 0.3) is 0 Å². The Morgan fingerprint density at radius 2 is 1.90 bits per heavy atom. The Hall–Kier alpha value is -1.29. The number of nitrogens with one attached hydrogen (secondary N) is 1. The lowest BCUT2D eigenvalue weighted by atomic mass is 9.82. The zero-order chi connectivity index (χ0) is 15.4. The lowest BCUT2D eigenvalue weighted by Crippen LogP contribution is -2.27. The minimum absolute atomic E-state index is 0.205. The molecule has 0 saturated heterocycles. The highest BCUT2D eigenvalue weighted by molar-refractivity contribution is 6.31. The molecular weight excluding hydrogens is 284 g/mol. The van der Waals surface area contributed by atoms with Crippen molar-refractivity contribution in [2.24, 2.45) is 5.73 Å². The van der Waals surface area contributed by atoms with E-state index >= 15 is 0 Å². The van der Waals surface area contributed by atoms with Crippen LogP contribution in [-0.2, 0) is 4.74 Å². The number of hydrogen-bond acceptors (Lipinski definition) is 3. The molecule has 2 rings (SSSR count). The predicted octanol–water partition coefficient (Wildman–Crippen LogP) is 3.57. The molecule has 0 radical (unpaired) electrons. The molecule has 0 saturated carbocycles. The first-order chi connectivity index (χ1) is 10.1. The highest BCUT2D eigenvalue weighted by atomic mass is 35.5. The van der Waals surface area contributed by atoms with E-state index in [9.17, 15) is 0 Å². The number of rotatable bonds is 5. The molecule has 1 unspecified atom stereocenters. The van der Waals surface area contributed by atoms with Crippen molar-refractivity contribution in [3.05, 3.63) is 57.4 Å². The van der Waals surface area contributed by atoms with E-state index in [0.29, 0.717) is 19.8 Å². The van der Waals surface area contributed by atoms with Crippen LogP contribution in [0.4, 0.5) is 0 Å². The van der Waals surface area contributed by atoms with Crippen LogP contribution in [0.5, 0.6) is 0 Å². The van der Waals surface area contributed by atoms with Gasteiger partial charge in [0.15, 0.2) is 0 Å². The zero-order valence-corrected chi connectivity index (χ0v) is 13.6. The van der Waals surface area contributed by atoms with Crippen LogP contribution in [0, 0.1) is 0 Å². The molecule has 4 heteroatoms. The average Bonchev–Trinajstić information content (AvgIpc) is 2.47. The first kappa shape index (κ1) is 16.1. The van der Waals surface area contributed by atoms with E-state index in [-0.39, 0.29) is 5.92 Å². The lowest BCUT2D eigenvalue weighted by Gasteiger charge is -2.31. The zero-order valence-electron chi connectivity index (χ0n) is 12.9. The summed E-state index contributed by atoms with van der Waals surface area (Å²) in [6, 6.07) is 8.03. The van der Waals surface area contributed by atoms with Crippen LogP contribution >= 0.6 is 11.6 Å². The molecule has 114 valence electrons. The Balaban J connectivity index is 2.36. The summed E-state index contributed by atoms with van der Waals surface area (Å²) in [5.41, 5.74) is 11.4. The van der Waals surface area contributed by atoms with E-state index in [2.05, 4.69) is 32.2 Å². The Labute approximate surface area is 131 Å². The molecule has 1 aromatic carbocycles. The first-order valence-corrected chi connectivity index (χ1v) is 7.60. The third-order valence-corrected chi connectivity index (χ3v) is 4.34. The third kappa shape index (κ3) is 3.49. The summed E-state index contributed by atoms with van der Waals surface area (Å²) in [5.74, 6) is 0.205. The Kier molecular flexibility index (Phi) is 5.45. The van der Waals surface area contributed by atoms with Crippen molar-refractivity contribution in [3.63, 3.8) is 0 Å². The van der Waals surface area contributed by atoms with E-state index in [0.717, 1.165) is 22.0 Å². The highest BCUT2D eigenvalue weighted by Crippen LogP contribution is 2.40. The van der Waals surface area contributed by atoms with E-state index in [1.54, 1.807) is 0 Å². The molecule has 0 fully saturated rings. The van der Waals surface area contributed by atoms with Gasteiger partial charge in [-0.25, -0.2) is 0 Å². The topological polar surface area (TPSA) is 47.3 Å². The normalized spacial score (nSPS) is 19.0. The highest BCUT2D eigenvalue weighted by Gasteiger charge is 2.26. The van der Waals surface area contributed by atoms with Gasteiger partial charge in [0.1, 0.15) is 0 Å². The second kappa shape index (κ2) is 7.12. The molecule has 0 spiro atoms. The van der Waals surface area contributed by atoms with Gasteiger partial charge in [-0.3, -0.25) is 0 Å². The molecule has 0 aliphatic carbocycles. The molecule has 3 N–H and O–H groups in total. The number of halogens is 1. The van der Waals surface area contributed by atoms with Crippen molar-refractivity contribution in [3.8, 4) is 0 Å². The van der Waals surface area contributed by atoms with Crippen molar-refractivity contribution in [2.75, 3.05) is 19.8 Å². The first-order valence-electron chi connectivity index (χ1n) is 7.22. The van der Waals surface area contributed by atoms with Crippen molar-refractivity contribution < 1.29 is 4.74 Å². The number of dihydropyridines is 1. The molecule has 1 aliphatic rings. The van der Waals surface area contributed by atoms with Gasteiger partial charge >= 0.3 is 0 Å². The van der Waals surface area contributed by atoms with Crippen molar-refractivity contribution in [1.29, 1.82) is 0 Å². The Morgan fingerprint density at radius 1 is 1.19 bits per heavy atom. The van der Waals surface area contributed by atoms with E-state index in [1.807, 2.05) is 18.2 Å². The van der Waals surface area contributed by atoms with Crippen LogP contribution in [0.25, 0.3) is 0 Å². The fourth-order valence-electron chi connectivity index (χ4n) is 2.72. The van der Waals surface area contributed by atoms with Gasteiger partial charge in [-0.1, -0.05) is 29.8 Å². The van der Waals surface area contributed by atoms with Gasteiger partial charge in [-0.15, -0.1) is 0 Å². The quantitative estimate of drug-likeness (QED) is 0.818. The summed E-state index contributed by atoms with van der Waals surface area (Å²) in [6.45, 7) is 8.03. The van der Waals surface area contributed by atoms with E-state index < -0.39 is 0 Å². The standard InChI is InChI=1S/C17H23ClN2O/c1-11-13(3)20-16(10-21-9-8-19)12(2)17(11)14-6-4-5-7-15(14)18/h4-7,17,20H,8-10,19H2,1-3H3. The summed E-state index contributed by atoms with van der Waals surface area (Å²) < 4.78 is 5.59. The molecule has 1 aliphatic heterocycles. The van der Waals surface area contributed by atoms with E-state index in [4.69, 9.17) is 22.1 Å². The molecule has 0 amide bonds. The van der Waals surface area contributed by atoms with Crippen molar-refractivity contribution in [2.45, 2.75) is 26.7 Å². The molecule has 1 aromatic rings. The number of benzene rings is 1. The molecule has 0 bridgehead atoms. The van der Waals surface area contributed by atoms with Crippen LogP contribution < -0.4 is 11.1 Å². The number of ether oxygens (including phenoxy) is 1. The van der Waals surface area contributed by atoms with Crippen LogP contribution in [-0.4, -0.2) is 19.8 Å². The maximum absolute atomic E-state index is 6.40. The van der Waals surface area contributed by atoms with Gasteiger partial charge in [-0.05, 0) is 43.5 Å². The van der Waals surface area contributed by atoms with Gasteiger partial charge in [-0.2, -0.15) is 0 Å². The van der Waals surface area contributed by atoms with Gasteiger partial charge in [0, 0.05) is 28.9 Å². The van der Waals surface area contributed by atoms with Crippen LogP contribution in [0.15, 0.2) is 46.8 Å². The van der Waals surface area contributed by atoms with Crippen LogP contribution in [0.2, 0.25) is 5.02 Å². The lowest BCUT2D eigenvalue weighted by molar-refractivity contribution is 0.159. The SMILES string of the molecule is CC1=C(C)C(c2ccccc2Cl)C(C)=C(COCCN)N1. The molecule has 1 heterocycles. The van der Waals surface area contributed by atoms with Crippen molar-refractivity contribution >= 4 is 11.6 Å². The van der Waals surface area contributed by atoms with E-state index in [1.165, 1.54) is 11.1 Å². The van der Waals surface area contributed by atoms with Gasteiger partial charge < -0.3 is 15.8 Å². The second-order valence-corrected chi connectivity index (χ2v) is 5.80. The van der Waals surface area contributed by atoms with Gasteiger partial charge in [0.2, 0.25) is 0 Å². The number of hydrogen-bond donors (Lipinski definition) is 2. The summed E-state index contributed by atoms with van der Waals surface area (Å²) >= 11 is 6.40. The number of allylic oxidation sites excluding steroid dienone is 3. The Bertz CT molecular complexity index is 578. The summed E-state index contributed by atoms with van der Waals surface area (Å²) in [5, 5.41) is 4.25. The minimum atomic E-state index is 0.205. The Morgan fingerprint density at radius 3 is 2.57 bits per heavy atom. The average molecular weight is 307 g/mol. The molecule has 0 aromatic heterocycles. The minimum Gasteiger partial charge on any atom is -0.374 e. The third-order valence-electron chi connectivity index (χ3n) is 4.00. The maximum Gasteiger partial charge on any atom is 0.0866 e. The van der Waals surface area contributed by atoms with Crippen LogP contribution in [0.3, 0.4) is 0 Å². The maximum atomic E-state index is 6.40. The molecule has 3 nitrogen and oxygen atoms in total. The summed E-state index contributed by atoms with van der Waals surface area (Å²) in [4.78, 5) is 0. The fraction of sp³-hybridized carbons (Fsp3) is 0.412. The second-order valence-electron chi connectivity index (χ2n) is 5.39. The van der Waals surface area contributed by atoms with Gasteiger partial charge in [0.05, 0.1) is 13.2 Å². The predicted molar refractivity (Wildman–Crippen MR) is 88.3 cm³/mol. The van der Waals surface area contributed by atoms with Crippen LogP contribution in [0.1, 0.15) is 32.3 Å². The molecule has 21 heavy (non-hydrogen) atoms. The monoisotopic (exact) mass is 306 g/mol. The number of nitrogens with two attached hydrogens (primary N) is 1. The summed E-state index contributed by atoms with van der Waals surface area (Å²) in [6.07, 6.45) is 0. The smallest absolute Gasteiger partial charge is 0.0866 e.